The summed E-state index contributed by atoms with van der Waals surface area (Å²) in [7, 11) is 1.65. The van der Waals surface area contributed by atoms with Gasteiger partial charge in [0.2, 0.25) is 5.91 Å². The Kier molecular flexibility index (Phi) is 7.40. The van der Waals surface area contributed by atoms with Gasteiger partial charge in [-0.25, -0.2) is 4.98 Å². The monoisotopic (exact) mass is 361 g/mol. The van der Waals surface area contributed by atoms with E-state index in [4.69, 9.17) is 4.74 Å². The molecule has 1 heterocycles. The highest BCUT2D eigenvalue weighted by Gasteiger charge is 2.16. The number of nitrogens with zero attached hydrogens (tertiary/aromatic N) is 3. The standard InChI is InChI=1S/C19H27N3O2S/c1-5-21(6-2)12-7-13-22(15(3)23)19-20-18(14-25-19)16-8-10-17(24-4)11-9-16/h8-11,14H,5-7,12-13H2,1-4H3. The highest BCUT2D eigenvalue weighted by Crippen LogP contribution is 2.28. The third kappa shape index (κ3) is 5.28. The first-order valence-corrected chi connectivity index (χ1v) is 9.57. The van der Waals surface area contributed by atoms with E-state index in [1.165, 1.54) is 11.3 Å². The van der Waals surface area contributed by atoms with E-state index in [-0.39, 0.29) is 5.91 Å². The van der Waals surface area contributed by atoms with Gasteiger partial charge < -0.3 is 9.64 Å². The molecule has 1 aromatic carbocycles. The van der Waals surface area contributed by atoms with E-state index < -0.39 is 0 Å². The average molecular weight is 362 g/mol. The SMILES string of the molecule is CCN(CC)CCCN(C(C)=O)c1nc(-c2ccc(OC)cc2)cs1. The molecule has 0 saturated heterocycles. The molecule has 136 valence electrons. The Bertz CT molecular complexity index is 666. The van der Waals surface area contributed by atoms with E-state index in [9.17, 15) is 4.79 Å². The Balaban J connectivity index is 2.06. The molecule has 2 rings (SSSR count). The van der Waals surface area contributed by atoms with Gasteiger partial charge in [-0.15, -0.1) is 11.3 Å². The molecule has 0 aliphatic heterocycles. The molecule has 0 aliphatic rings. The quantitative estimate of drug-likeness (QED) is 0.679. The van der Waals surface area contributed by atoms with E-state index >= 15 is 0 Å². The number of carbonyl (C=O) groups excluding carboxylic acids is 1. The zero-order chi connectivity index (χ0) is 18.2. The number of thiazole rings is 1. The minimum atomic E-state index is 0.0372. The number of anilines is 1. The molecule has 5 nitrogen and oxygen atoms in total. The lowest BCUT2D eigenvalue weighted by atomic mass is 10.2. The predicted octanol–water partition coefficient (Wildman–Crippen LogP) is 3.90. The van der Waals surface area contributed by atoms with Gasteiger partial charge in [0.1, 0.15) is 5.75 Å². The van der Waals surface area contributed by atoms with Gasteiger partial charge in [-0.2, -0.15) is 0 Å². The number of hydrogen-bond acceptors (Lipinski definition) is 5. The van der Waals surface area contributed by atoms with Crippen LogP contribution in [0.2, 0.25) is 0 Å². The zero-order valence-electron chi connectivity index (χ0n) is 15.5. The summed E-state index contributed by atoms with van der Waals surface area (Å²) >= 11 is 1.51. The van der Waals surface area contributed by atoms with E-state index in [0.717, 1.165) is 48.2 Å². The van der Waals surface area contributed by atoms with Crippen LogP contribution in [0.15, 0.2) is 29.6 Å². The molecular weight excluding hydrogens is 334 g/mol. The van der Waals surface area contributed by atoms with Crippen molar-refractivity contribution >= 4 is 22.4 Å². The Morgan fingerprint density at radius 1 is 1.16 bits per heavy atom. The van der Waals surface area contributed by atoms with Crippen molar-refractivity contribution in [1.29, 1.82) is 0 Å². The van der Waals surface area contributed by atoms with Crippen molar-refractivity contribution in [2.75, 3.05) is 38.2 Å². The van der Waals surface area contributed by atoms with E-state index in [0.29, 0.717) is 6.54 Å². The molecule has 0 spiro atoms. The Morgan fingerprint density at radius 3 is 2.40 bits per heavy atom. The normalized spacial score (nSPS) is 10.9. The van der Waals surface area contributed by atoms with Crippen molar-refractivity contribution in [3.63, 3.8) is 0 Å². The van der Waals surface area contributed by atoms with Crippen molar-refractivity contribution in [2.45, 2.75) is 27.2 Å². The molecule has 25 heavy (non-hydrogen) atoms. The second-order valence-corrected chi connectivity index (χ2v) is 6.63. The van der Waals surface area contributed by atoms with Crippen LogP contribution >= 0.6 is 11.3 Å². The van der Waals surface area contributed by atoms with E-state index in [1.54, 1.807) is 18.9 Å². The molecule has 1 aromatic heterocycles. The van der Waals surface area contributed by atoms with Gasteiger partial charge in [-0.1, -0.05) is 13.8 Å². The highest BCUT2D eigenvalue weighted by molar-refractivity contribution is 7.14. The molecule has 0 N–H and O–H groups in total. The summed E-state index contributed by atoms with van der Waals surface area (Å²) in [6.07, 6.45) is 0.943. The molecular formula is C19H27N3O2S. The van der Waals surface area contributed by atoms with Crippen LogP contribution in [0.25, 0.3) is 11.3 Å². The lowest BCUT2D eigenvalue weighted by Gasteiger charge is -2.21. The fraction of sp³-hybridized carbons (Fsp3) is 0.474. The lowest BCUT2D eigenvalue weighted by molar-refractivity contribution is -0.116. The van der Waals surface area contributed by atoms with Crippen LogP contribution in [0, 0.1) is 0 Å². The first kappa shape index (κ1) is 19.4. The van der Waals surface area contributed by atoms with Crippen LogP contribution in [0.3, 0.4) is 0 Å². The summed E-state index contributed by atoms with van der Waals surface area (Å²) in [5.41, 5.74) is 1.91. The molecule has 0 unspecified atom stereocenters. The number of aromatic nitrogens is 1. The number of ether oxygens (including phenoxy) is 1. The third-order valence-electron chi connectivity index (χ3n) is 4.24. The smallest absolute Gasteiger partial charge is 0.225 e. The second kappa shape index (κ2) is 9.53. The number of hydrogen-bond donors (Lipinski definition) is 0. The summed E-state index contributed by atoms with van der Waals surface area (Å²) < 4.78 is 5.19. The molecule has 6 heteroatoms. The molecule has 1 amide bonds. The van der Waals surface area contributed by atoms with Gasteiger partial charge in [0.05, 0.1) is 12.8 Å². The average Bonchev–Trinajstić information content (AvgIpc) is 3.11. The van der Waals surface area contributed by atoms with Gasteiger partial charge in [0.25, 0.3) is 0 Å². The fourth-order valence-corrected chi connectivity index (χ4v) is 3.57. The zero-order valence-corrected chi connectivity index (χ0v) is 16.3. The fourth-order valence-electron chi connectivity index (χ4n) is 2.66. The molecule has 0 aliphatic carbocycles. The highest BCUT2D eigenvalue weighted by atomic mass is 32.1. The van der Waals surface area contributed by atoms with Gasteiger partial charge in [-0.05, 0) is 50.3 Å². The maximum Gasteiger partial charge on any atom is 0.225 e. The molecule has 0 saturated carbocycles. The maximum absolute atomic E-state index is 12.1. The summed E-state index contributed by atoms with van der Waals surface area (Å²) in [5.74, 6) is 0.858. The van der Waals surface area contributed by atoms with Crippen LogP contribution in [-0.4, -0.2) is 49.1 Å². The Labute approximate surface area is 154 Å². The summed E-state index contributed by atoms with van der Waals surface area (Å²) in [6.45, 7) is 9.69. The first-order chi connectivity index (χ1) is 12.1. The van der Waals surface area contributed by atoms with Gasteiger partial charge in [-0.3, -0.25) is 9.69 Å². The number of benzene rings is 1. The molecule has 2 aromatic rings. The first-order valence-electron chi connectivity index (χ1n) is 8.69. The van der Waals surface area contributed by atoms with Gasteiger partial charge in [0.15, 0.2) is 5.13 Å². The molecule has 0 fully saturated rings. The van der Waals surface area contributed by atoms with Crippen LogP contribution in [0.1, 0.15) is 27.2 Å². The minimum absolute atomic E-state index is 0.0372. The van der Waals surface area contributed by atoms with Crippen LogP contribution in [-0.2, 0) is 4.79 Å². The predicted molar refractivity (Wildman–Crippen MR) is 105 cm³/mol. The molecule has 0 atom stereocenters. The Morgan fingerprint density at radius 2 is 1.84 bits per heavy atom. The van der Waals surface area contributed by atoms with Gasteiger partial charge >= 0.3 is 0 Å². The van der Waals surface area contributed by atoms with Crippen molar-refractivity contribution in [3.8, 4) is 17.0 Å². The van der Waals surface area contributed by atoms with Gasteiger partial charge in [0, 0.05) is 24.4 Å². The number of methoxy groups -OCH3 is 1. The van der Waals surface area contributed by atoms with Crippen LogP contribution in [0.5, 0.6) is 5.75 Å². The largest absolute Gasteiger partial charge is 0.497 e. The second-order valence-electron chi connectivity index (χ2n) is 5.79. The van der Waals surface area contributed by atoms with Crippen molar-refractivity contribution in [3.05, 3.63) is 29.6 Å². The number of carbonyl (C=O) groups is 1. The lowest BCUT2D eigenvalue weighted by Crippen LogP contribution is -2.32. The molecule has 0 radical (unpaired) electrons. The van der Waals surface area contributed by atoms with Crippen LogP contribution < -0.4 is 9.64 Å². The van der Waals surface area contributed by atoms with Crippen LogP contribution in [0.4, 0.5) is 5.13 Å². The third-order valence-corrected chi connectivity index (χ3v) is 5.10. The number of rotatable bonds is 9. The van der Waals surface area contributed by atoms with Crippen molar-refractivity contribution in [1.82, 2.24) is 9.88 Å². The summed E-state index contributed by atoms with van der Waals surface area (Å²) in [6, 6.07) is 7.80. The van der Waals surface area contributed by atoms with Crippen molar-refractivity contribution in [2.24, 2.45) is 0 Å². The summed E-state index contributed by atoms with van der Waals surface area (Å²) in [4.78, 5) is 20.9. The molecule has 0 bridgehead atoms. The summed E-state index contributed by atoms with van der Waals surface area (Å²) in [5, 5.41) is 2.76. The van der Waals surface area contributed by atoms with E-state index in [1.807, 2.05) is 29.6 Å². The maximum atomic E-state index is 12.1. The minimum Gasteiger partial charge on any atom is -0.497 e. The number of amides is 1. The Hall–Kier alpha value is -1.92. The topological polar surface area (TPSA) is 45.7 Å². The van der Waals surface area contributed by atoms with Crippen molar-refractivity contribution < 1.29 is 9.53 Å². The van der Waals surface area contributed by atoms with E-state index in [2.05, 4.69) is 23.7 Å².